The number of benzene rings is 1. The van der Waals surface area contributed by atoms with Crippen LogP contribution in [0, 0.1) is 12.7 Å². The lowest BCUT2D eigenvalue weighted by Crippen LogP contribution is -2.33. The molecule has 2 aromatic heterocycles. The van der Waals surface area contributed by atoms with Gasteiger partial charge in [-0.25, -0.2) is 20.3 Å². The molecule has 0 saturated carbocycles. The third-order valence-corrected chi connectivity index (χ3v) is 4.87. The van der Waals surface area contributed by atoms with E-state index in [9.17, 15) is 9.18 Å². The van der Waals surface area contributed by atoms with Crippen molar-refractivity contribution in [1.82, 2.24) is 20.9 Å². The lowest BCUT2D eigenvalue weighted by Gasteiger charge is -2.03. The van der Waals surface area contributed by atoms with Gasteiger partial charge >= 0.3 is 0 Å². The van der Waals surface area contributed by atoms with E-state index in [1.807, 2.05) is 6.07 Å². The Kier molecular flexibility index (Phi) is 5.55. The highest BCUT2D eigenvalue weighted by Gasteiger charge is 2.16. The molecule has 0 aliphatic heterocycles. The van der Waals surface area contributed by atoms with Gasteiger partial charge in [0.2, 0.25) is 0 Å². The van der Waals surface area contributed by atoms with E-state index in [4.69, 9.17) is 11.6 Å². The van der Waals surface area contributed by atoms with Crippen molar-refractivity contribution < 1.29 is 9.18 Å². The minimum Gasteiger partial charge on any atom is -0.266 e. The highest BCUT2D eigenvalue weighted by atomic mass is 35.5. The Morgan fingerprint density at radius 1 is 1.35 bits per heavy atom. The number of rotatable bonds is 5. The maximum Gasteiger partial charge on any atom is 0.282 e. The average molecular weight is 390 g/mol. The predicted octanol–water partition coefficient (Wildman–Crippen LogP) is 3.57. The van der Waals surface area contributed by atoms with Crippen LogP contribution in [0.25, 0.3) is 10.6 Å². The van der Waals surface area contributed by atoms with Crippen LogP contribution in [0.3, 0.4) is 0 Å². The highest BCUT2D eigenvalue weighted by Crippen LogP contribution is 2.27. The predicted molar refractivity (Wildman–Crippen MR) is 99.7 cm³/mol. The third kappa shape index (κ3) is 4.04. The number of pyridine rings is 1. The first-order chi connectivity index (χ1) is 12.6. The van der Waals surface area contributed by atoms with Crippen LogP contribution >= 0.6 is 22.9 Å². The molecule has 0 fully saturated rings. The van der Waals surface area contributed by atoms with Crippen molar-refractivity contribution >= 4 is 35.1 Å². The molecule has 26 heavy (non-hydrogen) atoms. The van der Waals surface area contributed by atoms with Crippen LogP contribution in [0.2, 0.25) is 5.02 Å². The van der Waals surface area contributed by atoms with Crippen molar-refractivity contribution in [1.29, 1.82) is 0 Å². The Bertz CT molecular complexity index is 941. The van der Waals surface area contributed by atoms with E-state index < -0.39 is 11.7 Å². The number of thiazole rings is 1. The minimum absolute atomic E-state index is 0.128. The smallest absolute Gasteiger partial charge is 0.266 e. The van der Waals surface area contributed by atoms with Crippen molar-refractivity contribution in [2.75, 3.05) is 0 Å². The fraction of sp³-hybridized carbons (Fsp3) is 0.0588. The highest BCUT2D eigenvalue weighted by molar-refractivity contribution is 7.17. The van der Waals surface area contributed by atoms with Gasteiger partial charge in [0.15, 0.2) is 0 Å². The lowest BCUT2D eigenvalue weighted by atomic mass is 10.2. The SMILES string of the molecule is Cc1nc(-c2cccnc2)sc1C(=O)NN/N=C/c1c(F)cccc1Cl. The molecule has 1 aromatic carbocycles. The van der Waals surface area contributed by atoms with E-state index in [2.05, 4.69) is 26.0 Å². The monoisotopic (exact) mass is 389 g/mol. The second-order valence-electron chi connectivity index (χ2n) is 5.13. The van der Waals surface area contributed by atoms with Crippen LogP contribution in [0.4, 0.5) is 4.39 Å². The summed E-state index contributed by atoms with van der Waals surface area (Å²) >= 11 is 7.13. The summed E-state index contributed by atoms with van der Waals surface area (Å²) in [7, 11) is 0. The number of halogens is 2. The first-order valence-electron chi connectivity index (χ1n) is 7.46. The number of hydrazine groups is 1. The summed E-state index contributed by atoms with van der Waals surface area (Å²) < 4.78 is 13.6. The maximum absolute atomic E-state index is 13.6. The van der Waals surface area contributed by atoms with E-state index in [1.54, 1.807) is 31.5 Å². The summed E-state index contributed by atoms with van der Waals surface area (Å²) in [6, 6.07) is 7.98. The topological polar surface area (TPSA) is 79.3 Å². The number of hydrazone groups is 1. The number of aromatic nitrogens is 2. The van der Waals surface area contributed by atoms with Crippen LogP contribution in [0.1, 0.15) is 20.9 Å². The van der Waals surface area contributed by atoms with Crippen LogP contribution in [-0.4, -0.2) is 22.1 Å². The molecular formula is C17H13ClFN5OS. The number of carbonyl (C=O) groups is 1. The standard InChI is InChI=1S/C17H13ClFN5OS/c1-10-15(26-17(22-10)11-4-3-7-20-8-11)16(25)23-24-21-9-12-13(18)5-2-6-14(12)19/h2-9,24H,1H3,(H,23,25)/b21-9+. The molecule has 132 valence electrons. The number of amides is 1. The number of carbonyl (C=O) groups excluding carboxylic acids is 1. The number of hydrogen-bond acceptors (Lipinski definition) is 6. The van der Waals surface area contributed by atoms with Gasteiger partial charge in [0.25, 0.3) is 5.91 Å². The number of nitrogens with zero attached hydrogens (tertiary/aromatic N) is 3. The van der Waals surface area contributed by atoms with Crippen LogP contribution < -0.4 is 11.0 Å². The Labute approximate surface area is 157 Å². The number of hydrogen-bond donors (Lipinski definition) is 2. The minimum atomic E-state index is -0.506. The van der Waals surface area contributed by atoms with E-state index in [0.717, 1.165) is 5.56 Å². The van der Waals surface area contributed by atoms with Gasteiger partial charge in [0, 0.05) is 23.5 Å². The van der Waals surface area contributed by atoms with E-state index in [0.29, 0.717) is 15.6 Å². The second-order valence-corrected chi connectivity index (χ2v) is 6.54. The molecule has 1 amide bonds. The van der Waals surface area contributed by atoms with Gasteiger partial charge in [-0.3, -0.25) is 9.78 Å². The van der Waals surface area contributed by atoms with Crippen molar-refractivity contribution in [3.8, 4) is 10.6 Å². The molecule has 0 saturated heterocycles. The van der Waals surface area contributed by atoms with Gasteiger partial charge in [0.05, 0.1) is 16.9 Å². The van der Waals surface area contributed by atoms with Crippen LogP contribution in [0.5, 0.6) is 0 Å². The van der Waals surface area contributed by atoms with Crippen molar-refractivity contribution in [3.63, 3.8) is 0 Å². The largest absolute Gasteiger partial charge is 0.282 e. The molecule has 3 rings (SSSR count). The summed E-state index contributed by atoms with van der Waals surface area (Å²) in [5.74, 6) is -0.902. The lowest BCUT2D eigenvalue weighted by molar-refractivity contribution is 0.0937. The fourth-order valence-corrected chi connectivity index (χ4v) is 3.25. The van der Waals surface area contributed by atoms with Gasteiger partial charge in [-0.05, 0) is 31.2 Å². The van der Waals surface area contributed by atoms with Gasteiger partial charge in [-0.1, -0.05) is 17.7 Å². The zero-order chi connectivity index (χ0) is 18.5. The molecule has 9 heteroatoms. The van der Waals surface area contributed by atoms with E-state index >= 15 is 0 Å². The molecule has 3 aromatic rings. The molecule has 0 bridgehead atoms. The summed E-state index contributed by atoms with van der Waals surface area (Å²) in [6.45, 7) is 1.74. The Morgan fingerprint density at radius 3 is 2.92 bits per heavy atom. The first kappa shape index (κ1) is 18.0. The van der Waals surface area contributed by atoms with E-state index in [-0.39, 0.29) is 10.6 Å². The molecule has 0 atom stereocenters. The molecule has 0 aliphatic rings. The Balaban J connectivity index is 1.66. The summed E-state index contributed by atoms with van der Waals surface area (Å²) in [5.41, 5.74) is 6.34. The first-order valence-corrected chi connectivity index (χ1v) is 8.66. The average Bonchev–Trinajstić information content (AvgIpc) is 3.03. The van der Waals surface area contributed by atoms with E-state index in [1.165, 1.54) is 29.7 Å². The van der Waals surface area contributed by atoms with Gasteiger partial charge < -0.3 is 0 Å². The van der Waals surface area contributed by atoms with Gasteiger partial charge in [-0.15, -0.1) is 11.3 Å². The molecule has 2 heterocycles. The van der Waals surface area contributed by atoms with Crippen LogP contribution in [-0.2, 0) is 0 Å². The summed E-state index contributed by atoms with van der Waals surface area (Å²) in [4.78, 5) is 21.1. The normalized spacial score (nSPS) is 10.9. The van der Waals surface area contributed by atoms with Gasteiger partial charge in [-0.2, -0.15) is 5.10 Å². The molecular weight excluding hydrogens is 377 g/mol. The second kappa shape index (κ2) is 8.03. The summed E-state index contributed by atoms with van der Waals surface area (Å²) in [6.07, 6.45) is 4.54. The van der Waals surface area contributed by atoms with Crippen LogP contribution in [0.15, 0.2) is 47.8 Å². The molecule has 2 N–H and O–H groups in total. The summed E-state index contributed by atoms with van der Waals surface area (Å²) in [5, 5.41) is 4.69. The molecule has 0 unspecified atom stereocenters. The Morgan fingerprint density at radius 2 is 2.19 bits per heavy atom. The molecule has 0 radical (unpaired) electrons. The quantitative estimate of drug-likeness (QED) is 0.516. The number of aryl methyl sites for hydroxylation is 1. The zero-order valence-electron chi connectivity index (χ0n) is 13.5. The van der Waals surface area contributed by atoms with Gasteiger partial charge in [0.1, 0.15) is 15.7 Å². The Hall–Kier alpha value is -2.84. The molecule has 0 aliphatic carbocycles. The van der Waals surface area contributed by atoms with Crippen molar-refractivity contribution in [2.24, 2.45) is 5.10 Å². The fourth-order valence-electron chi connectivity index (χ4n) is 2.09. The molecule has 6 nitrogen and oxygen atoms in total. The molecule has 0 spiro atoms. The zero-order valence-corrected chi connectivity index (χ0v) is 15.1. The number of nitrogens with one attached hydrogen (secondary N) is 2. The van der Waals surface area contributed by atoms with Crippen molar-refractivity contribution in [2.45, 2.75) is 6.92 Å². The third-order valence-electron chi connectivity index (χ3n) is 3.34. The van der Waals surface area contributed by atoms with Crippen molar-refractivity contribution in [3.05, 3.63) is 69.7 Å². The maximum atomic E-state index is 13.6.